The molecule has 1 nitrogen and oxygen atoms in total. The van der Waals surface area contributed by atoms with Crippen LogP contribution in [-0.4, -0.2) is 0 Å². The van der Waals surface area contributed by atoms with E-state index in [1.54, 1.807) is 5.82 Å². The first kappa shape index (κ1) is 9.15. The molecule has 0 aliphatic heterocycles. The summed E-state index contributed by atoms with van der Waals surface area (Å²) >= 11 is 0. The first-order chi connectivity index (χ1) is 5.83. The summed E-state index contributed by atoms with van der Waals surface area (Å²) in [6.45, 7) is 2.07. The van der Waals surface area contributed by atoms with E-state index in [0.717, 1.165) is 6.42 Å². The third kappa shape index (κ3) is 2.98. The molecule has 0 heterocycles. The van der Waals surface area contributed by atoms with Crippen LogP contribution in [0.15, 0.2) is 36.2 Å². The maximum Gasteiger partial charge on any atom is 0.183 e. The third-order valence-electron chi connectivity index (χ3n) is 1.64. The fraction of sp³-hybridized carbons (Fsp3) is 0.200. The topological polar surface area (TPSA) is 17.1 Å². The van der Waals surface area contributed by atoms with E-state index in [2.05, 4.69) is 31.2 Å². The second kappa shape index (κ2) is 4.84. The summed E-state index contributed by atoms with van der Waals surface area (Å²) < 4.78 is 10.1. The second-order valence-corrected chi connectivity index (χ2v) is 3.19. The van der Waals surface area contributed by atoms with Gasteiger partial charge in [-0.15, -0.1) is 0 Å². The van der Waals surface area contributed by atoms with E-state index in [1.807, 2.05) is 6.08 Å². The minimum absolute atomic E-state index is 0.0850. The molecule has 0 unspecified atom stereocenters. The molecule has 1 rings (SSSR count). The van der Waals surface area contributed by atoms with Gasteiger partial charge in [-0.05, 0) is 18.9 Å². The Balaban J connectivity index is 2.58. The number of rotatable bonds is 3. The monoisotopic (exact) mass is 178 g/mol. The van der Waals surface area contributed by atoms with Crippen LogP contribution < -0.4 is 0 Å². The van der Waals surface area contributed by atoms with Crippen molar-refractivity contribution < 1.29 is 4.57 Å². The van der Waals surface area contributed by atoms with Crippen molar-refractivity contribution >= 4 is 8.46 Å². The van der Waals surface area contributed by atoms with E-state index in [-0.39, 0.29) is 8.46 Å². The van der Waals surface area contributed by atoms with Gasteiger partial charge in [0.05, 0.1) is 0 Å². The van der Waals surface area contributed by atoms with Crippen LogP contribution in [0.3, 0.4) is 0 Å². The zero-order valence-electron chi connectivity index (χ0n) is 7.03. The van der Waals surface area contributed by atoms with Crippen LogP contribution in [0.1, 0.15) is 11.1 Å². The summed E-state index contributed by atoms with van der Waals surface area (Å²) in [6, 6.07) is 8.33. The van der Waals surface area contributed by atoms with Gasteiger partial charge in [-0.1, -0.05) is 35.9 Å². The average molecular weight is 178 g/mol. The van der Waals surface area contributed by atoms with E-state index in [4.69, 9.17) is 0 Å². The van der Waals surface area contributed by atoms with Gasteiger partial charge in [0.25, 0.3) is 0 Å². The highest BCUT2D eigenvalue weighted by molar-refractivity contribution is 7.27. The Bertz CT molecular complexity index is 274. The van der Waals surface area contributed by atoms with Gasteiger partial charge in [0, 0.05) is 5.82 Å². The lowest BCUT2D eigenvalue weighted by Gasteiger charge is -1.95. The second-order valence-electron chi connectivity index (χ2n) is 2.68. The van der Waals surface area contributed by atoms with Crippen LogP contribution in [0.5, 0.6) is 0 Å². The van der Waals surface area contributed by atoms with Crippen molar-refractivity contribution in [2.24, 2.45) is 0 Å². The summed E-state index contributed by atoms with van der Waals surface area (Å²) in [4.78, 5) is 0. The molecule has 12 heavy (non-hydrogen) atoms. The molecule has 0 aliphatic rings. The molecule has 1 aromatic carbocycles. The van der Waals surface area contributed by atoms with Crippen LogP contribution >= 0.6 is 8.46 Å². The lowest BCUT2D eigenvalue weighted by Crippen LogP contribution is -1.79. The molecule has 2 heteroatoms. The summed E-state index contributed by atoms with van der Waals surface area (Å²) in [5, 5.41) is 0. The van der Waals surface area contributed by atoms with E-state index in [1.165, 1.54) is 11.1 Å². The molecular formula is C10H11OP. The molecule has 62 valence electrons. The maximum atomic E-state index is 10.1. The fourth-order valence-electron chi connectivity index (χ4n) is 0.956. The highest BCUT2D eigenvalue weighted by Gasteiger charge is 1.87. The third-order valence-corrected chi connectivity index (χ3v) is 1.97. The smallest absolute Gasteiger partial charge is 0.183 e. The molecule has 0 saturated carbocycles. The number of allylic oxidation sites excluding steroid dienone is 1. The number of hydrogen-bond acceptors (Lipinski definition) is 1. The van der Waals surface area contributed by atoms with Crippen LogP contribution in [0.4, 0.5) is 0 Å². The SMILES string of the molecule is Cc1ccc(CC=CP=O)cc1. The lowest BCUT2D eigenvalue weighted by atomic mass is 10.1. The Hall–Kier alpha value is -0.940. The highest BCUT2D eigenvalue weighted by Crippen LogP contribution is 2.05. The summed E-state index contributed by atoms with van der Waals surface area (Å²) in [7, 11) is 0.0850. The molecule has 0 bridgehead atoms. The van der Waals surface area contributed by atoms with Gasteiger partial charge < -0.3 is 0 Å². The Morgan fingerprint density at radius 3 is 2.58 bits per heavy atom. The van der Waals surface area contributed by atoms with Gasteiger partial charge in [0.2, 0.25) is 0 Å². The Labute approximate surface area is 74.3 Å². The number of benzene rings is 1. The Kier molecular flexibility index (Phi) is 3.69. The Morgan fingerprint density at radius 2 is 2.00 bits per heavy atom. The first-order valence-corrected chi connectivity index (χ1v) is 4.74. The van der Waals surface area contributed by atoms with Gasteiger partial charge in [0.15, 0.2) is 8.46 Å². The first-order valence-electron chi connectivity index (χ1n) is 3.86. The molecule has 0 amide bonds. The molecule has 0 spiro atoms. The van der Waals surface area contributed by atoms with Gasteiger partial charge in [-0.2, -0.15) is 0 Å². The quantitative estimate of drug-likeness (QED) is 0.648. The van der Waals surface area contributed by atoms with E-state index >= 15 is 0 Å². The van der Waals surface area contributed by atoms with Crippen molar-refractivity contribution in [3.8, 4) is 0 Å². The molecule has 0 N–H and O–H groups in total. The van der Waals surface area contributed by atoms with Crippen molar-refractivity contribution in [1.29, 1.82) is 0 Å². The molecule has 0 radical (unpaired) electrons. The minimum atomic E-state index is 0.0850. The average Bonchev–Trinajstić information content (AvgIpc) is 2.09. The van der Waals surface area contributed by atoms with Crippen molar-refractivity contribution in [2.45, 2.75) is 13.3 Å². The van der Waals surface area contributed by atoms with E-state index < -0.39 is 0 Å². The van der Waals surface area contributed by atoms with Crippen LogP contribution in [-0.2, 0) is 11.0 Å². The predicted octanol–water partition coefficient (Wildman–Crippen LogP) is 3.34. The summed E-state index contributed by atoms with van der Waals surface area (Å²) in [5.74, 6) is 1.62. The molecule has 0 saturated heterocycles. The van der Waals surface area contributed by atoms with Crippen molar-refractivity contribution in [2.75, 3.05) is 0 Å². The molecule has 1 aromatic rings. The molecule has 0 aliphatic carbocycles. The predicted molar refractivity (Wildman–Crippen MR) is 51.6 cm³/mol. The van der Waals surface area contributed by atoms with Gasteiger partial charge in [-0.25, -0.2) is 0 Å². The van der Waals surface area contributed by atoms with Gasteiger partial charge in [-0.3, -0.25) is 4.57 Å². The minimum Gasteiger partial charge on any atom is -0.270 e. The normalized spacial score (nSPS) is 11.1. The Morgan fingerprint density at radius 1 is 1.33 bits per heavy atom. The largest absolute Gasteiger partial charge is 0.270 e. The van der Waals surface area contributed by atoms with E-state index in [0.29, 0.717) is 0 Å². The van der Waals surface area contributed by atoms with Gasteiger partial charge in [0.1, 0.15) is 0 Å². The van der Waals surface area contributed by atoms with Crippen LogP contribution in [0.2, 0.25) is 0 Å². The molecular weight excluding hydrogens is 167 g/mol. The van der Waals surface area contributed by atoms with Gasteiger partial charge >= 0.3 is 0 Å². The zero-order chi connectivity index (χ0) is 8.81. The van der Waals surface area contributed by atoms with Crippen LogP contribution in [0, 0.1) is 6.92 Å². The summed E-state index contributed by atoms with van der Waals surface area (Å²) in [5.41, 5.74) is 2.52. The molecule has 0 aromatic heterocycles. The molecule has 0 fully saturated rings. The summed E-state index contributed by atoms with van der Waals surface area (Å²) in [6.07, 6.45) is 2.76. The molecule has 0 atom stereocenters. The lowest BCUT2D eigenvalue weighted by molar-refractivity contribution is 0.602. The highest BCUT2D eigenvalue weighted by atomic mass is 31.1. The van der Waals surface area contributed by atoms with E-state index in [9.17, 15) is 4.57 Å². The van der Waals surface area contributed by atoms with Crippen molar-refractivity contribution in [3.05, 3.63) is 47.3 Å². The number of aryl methyl sites for hydroxylation is 1. The maximum absolute atomic E-state index is 10.1. The standard InChI is InChI=1S/C10H11OP/c1-9-4-6-10(7-5-9)3-2-8-12-11/h2,4-8H,3H2,1H3. The number of hydrogen-bond donors (Lipinski definition) is 0. The zero-order valence-corrected chi connectivity index (χ0v) is 7.92. The van der Waals surface area contributed by atoms with Crippen molar-refractivity contribution in [1.82, 2.24) is 0 Å². The van der Waals surface area contributed by atoms with Crippen LogP contribution in [0.25, 0.3) is 0 Å². The fourth-order valence-corrected chi connectivity index (χ4v) is 1.15. The van der Waals surface area contributed by atoms with Crippen molar-refractivity contribution in [3.63, 3.8) is 0 Å².